The number of thiophene rings is 1. The van der Waals surface area contributed by atoms with E-state index in [1.54, 1.807) is 47.8 Å². The third kappa shape index (κ3) is 4.37. The molecule has 3 rings (SSSR count). The second-order valence-electron chi connectivity index (χ2n) is 6.70. The lowest BCUT2D eigenvalue weighted by molar-refractivity contribution is -0.126. The number of hydrogen-bond acceptors (Lipinski definition) is 4. The van der Waals surface area contributed by atoms with Crippen LogP contribution in [0.5, 0.6) is 0 Å². The van der Waals surface area contributed by atoms with Crippen LogP contribution in [0.4, 0.5) is 0 Å². The largest absolute Gasteiger partial charge is 0.331 e. The molecule has 0 radical (unpaired) electrons. The summed E-state index contributed by atoms with van der Waals surface area (Å²) >= 11 is 1.69. The molecule has 0 N–H and O–H groups in total. The van der Waals surface area contributed by atoms with Crippen LogP contribution in [0.25, 0.3) is 6.08 Å². The number of carbonyl (C=O) groups is 1. The highest BCUT2D eigenvalue weighted by molar-refractivity contribution is 7.89. The quantitative estimate of drug-likeness (QED) is 0.635. The average molecular weight is 419 g/mol. The minimum atomic E-state index is -3.46. The molecule has 1 amide bonds. The van der Waals surface area contributed by atoms with E-state index in [4.69, 9.17) is 0 Å². The minimum absolute atomic E-state index is 0.00395. The van der Waals surface area contributed by atoms with E-state index in [0.717, 1.165) is 24.9 Å². The monoisotopic (exact) mass is 418 g/mol. The van der Waals surface area contributed by atoms with E-state index in [2.05, 4.69) is 6.07 Å². The van der Waals surface area contributed by atoms with Gasteiger partial charge < -0.3 is 4.90 Å². The number of amides is 1. The van der Waals surface area contributed by atoms with Crippen molar-refractivity contribution in [3.8, 4) is 0 Å². The van der Waals surface area contributed by atoms with Crippen molar-refractivity contribution in [3.63, 3.8) is 0 Å². The molecular formula is C21H26N2O3S2. The summed E-state index contributed by atoms with van der Waals surface area (Å²) < 4.78 is 26.5. The third-order valence-electron chi connectivity index (χ3n) is 5.05. The average Bonchev–Trinajstić information content (AvgIpc) is 3.38. The van der Waals surface area contributed by atoms with Crippen LogP contribution < -0.4 is 0 Å². The molecule has 150 valence electrons. The molecule has 28 heavy (non-hydrogen) atoms. The summed E-state index contributed by atoms with van der Waals surface area (Å²) in [7, 11) is -3.46. The summed E-state index contributed by atoms with van der Waals surface area (Å²) in [4.78, 5) is 16.1. The van der Waals surface area contributed by atoms with Crippen LogP contribution in [0, 0.1) is 0 Å². The Morgan fingerprint density at radius 1 is 1.21 bits per heavy atom. The molecule has 1 aliphatic heterocycles. The molecular weight excluding hydrogens is 392 g/mol. The van der Waals surface area contributed by atoms with Gasteiger partial charge in [0.15, 0.2) is 0 Å². The summed E-state index contributed by atoms with van der Waals surface area (Å²) in [6.45, 7) is 5.30. The molecule has 1 fully saturated rings. The fraction of sp³-hybridized carbons (Fsp3) is 0.381. The molecule has 5 nitrogen and oxygen atoms in total. The van der Waals surface area contributed by atoms with Crippen LogP contribution in [0.1, 0.15) is 43.2 Å². The molecule has 7 heteroatoms. The van der Waals surface area contributed by atoms with E-state index in [1.165, 1.54) is 9.18 Å². The Hall–Kier alpha value is -1.96. The van der Waals surface area contributed by atoms with Crippen LogP contribution in [-0.4, -0.2) is 43.2 Å². The lowest BCUT2D eigenvalue weighted by atomic mass is 10.2. The Bertz CT molecular complexity index is 915. The first-order valence-electron chi connectivity index (χ1n) is 9.59. The van der Waals surface area contributed by atoms with Crippen molar-refractivity contribution in [2.75, 3.05) is 19.6 Å². The van der Waals surface area contributed by atoms with Crippen LogP contribution >= 0.6 is 11.3 Å². The normalized spacial score (nSPS) is 17.7. The van der Waals surface area contributed by atoms with E-state index in [1.807, 2.05) is 30.2 Å². The van der Waals surface area contributed by atoms with Crippen LogP contribution in [0.15, 0.2) is 52.7 Å². The van der Waals surface area contributed by atoms with Crippen molar-refractivity contribution >= 4 is 33.3 Å². The smallest absolute Gasteiger partial charge is 0.247 e. The molecule has 0 bridgehead atoms. The SMILES string of the molecule is CCN(CC)S(=O)(=O)c1ccc(/C=C/C(=O)N2CCCC2c2cccs2)cc1. The zero-order valence-electron chi connectivity index (χ0n) is 16.2. The predicted molar refractivity (Wildman–Crippen MR) is 114 cm³/mol. The molecule has 1 aromatic heterocycles. The lowest BCUT2D eigenvalue weighted by Crippen LogP contribution is -2.30. The van der Waals surface area contributed by atoms with Crippen LogP contribution in [0.2, 0.25) is 0 Å². The fourth-order valence-electron chi connectivity index (χ4n) is 3.53. The van der Waals surface area contributed by atoms with Crippen molar-refractivity contribution < 1.29 is 13.2 Å². The Kier molecular flexibility index (Phi) is 6.69. The Labute approximate surface area is 171 Å². The second-order valence-corrected chi connectivity index (χ2v) is 9.61. The van der Waals surface area contributed by atoms with Gasteiger partial charge >= 0.3 is 0 Å². The number of carbonyl (C=O) groups excluding carboxylic acids is 1. The van der Waals surface area contributed by atoms with Gasteiger partial charge in [0.2, 0.25) is 15.9 Å². The molecule has 2 aromatic rings. The summed E-state index contributed by atoms with van der Waals surface area (Å²) in [5.41, 5.74) is 0.804. The van der Waals surface area contributed by atoms with E-state index in [-0.39, 0.29) is 16.8 Å². The summed E-state index contributed by atoms with van der Waals surface area (Å²) in [5.74, 6) is -0.00395. The van der Waals surface area contributed by atoms with Crippen LogP contribution in [0.3, 0.4) is 0 Å². The van der Waals surface area contributed by atoms with Gasteiger partial charge in [0.25, 0.3) is 0 Å². The summed E-state index contributed by atoms with van der Waals surface area (Å²) in [6, 6.07) is 10.9. The maximum Gasteiger partial charge on any atom is 0.247 e. The van der Waals surface area contributed by atoms with Gasteiger partial charge in [-0.2, -0.15) is 4.31 Å². The van der Waals surface area contributed by atoms with Crippen LogP contribution in [-0.2, 0) is 14.8 Å². The molecule has 0 saturated carbocycles. The van der Waals surface area contributed by atoms with Gasteiger partial charge in [-0.1, -0.05) is 32.0 Å². The maximum atomic E-state index is 12.7. The molecule has 2 heterocycles. The maximum absolute atomic E-state index is 12.7. The van der Waals surface area contributed by atoms with E-state index in [0.29, 0.717) is 13.1 Å². The van der Waals surface area contributed by atoms with Gasteiger partial charge in [-0.3, -0.25) is 4.79 Å². The highest BCUT2D eigenvalue weighted by Gasteiger charge is 2.29. The second kappa shape index (κ2) is 9.03. The van der Waals surface area contributed by atoms with Crippen molar-refractivity contribution in [3.05, 3.63) is 58.3 Å². The molecule has 1 aromatic carbocycles. The van der Waals surface area contributed by atoms with Crippen molar-refractivity contribution in [1.29, 1.82) is 0 Å². The molecule has 1 saturated heterocycles. The van der Waals surface area contributed by atoms with E-state index >= 15 is 0 Å². The first kappa shape index (κ1) is 20.8. The Morgan fingerprint density at radius 3 is 2.54 bits per heavy atom. The molecule has 0 spiro atoms. The fourth-order valence-corrected chi connectivity index (χ4v) is 5.87. The number of rotatable bonds is 7. The van der Waals surface area contributed by atoms with Crippen molar-refractivity contribution in [1.82, 2.24) is 9.21 Å². The number of benzene rings is 1. The first-order valence-corrected chi connectivity index (χ1v) is 11.9. The number of sulfonamides is 1. The Balaban J connectivity index is 1.70. The molecule has 1 aliphatic rings. The molecule has 0 aliphatic carbocycles. The topological polar surface area (TPSA) is 57.7 Å². The van der Waals surface area contributed by atoms with E-state index in [9.17, 15) is 13.2 Å². The standard InChI is InChI=1S/C21H26N2O3S2/c1-3-22(4-2)28(25,26)18-12-9-17(10-13-18)11-14-21(24)23-15-5-7-19(23)20-8-6-16-27-20/h6,8-14,16,19H,3-5,7,15H2,1-2H3/b14-11+. The van der Waals surface area contributed by atoms with E-state index < -0.39 is 10.0 Å². The number of likely N-dealkylation sites (tertiary alicyclic amines) is 1. The minimum Gasteiger partial charge on any atom is -0.331 e. The Morgan fingerprint density at radius 2 is 1.93 bits per heavy atom. The highest BCUT2D eigenvalue weighted by atomic mass is 32.2. The van der Waals surface area contributed by atoms with Gasteiger partial charge in [0.05, 0.1) is 10.9 Å². The van der Waals surface area contributed by atoms with Gasteiger partial charge in [0.1, 0.15) is 0 Å². The molecule has 1 unspecified atom stereocenters. The summed E-state index contributed by atoms with van der Waals surface area (Å²) in [5, 5.41) is 2.04. The van der Waals surface area contributed by atoms with Crippen molar-refractivity contribution in [2.45, 2.75) is 37.6 Å². The zero-order valence-corrected chi connectivity index (χ0v) is 17.9. The predicted octanol–water partition coefficient (Wildman–Crippen LogP) is 4.16. The van der Waals surface area contributed by atoms with Gasteiger partial charge in [-0.05, 0) is 48.1 Å². The van der Waals surface area contributed by atoms with Gasteiger partial charge in [-0.15, -0.1) is 11.3 Å². The lowest BCUT2D eigenvalue weighted by Gasteiger charge is -2.22. The third-order valence-corrected chi connectivity index (χ3v) is 8.09. The first-order chi connectivity index (χ1) is 13.5. The van der Waals surface area contributed by atoms with Crippen molar-refractivity contribution in [2.24, 2.45) is 0 Å². The number of nitrogens with zero attached hydrogens (tertiary/aromatic N) is 2. The molecule has 1 atom stereocenters. The summed E-state index contributed by atoms with van der Waals surface area (Å²) in [6.07, 6.45) is 5.35. The van der Waals surface area contributed by atoms with Gasteiger partial charge in [-0.25, -0.2) is 8.42 Å². The zero-order chi connectivity index (χ0) is 20.1. The number of hydrogen-bond donors (Lipinski definition) is 0. The highest BCUT2D eigenvalue weighted by Crippen LogP contribution is 2.34. The van der Waals surface area contributed by atoms with Gasteiger partial charge in [0, 0.05) is 30.6 Å².